The van der Waals surface area contributed by atoms with E-state index >= 15 is 0 Å². The van der Waals surface area contributed by atoms with Crippen molar-refractivity contribution in [1.29, 1.82) is 0 Å². The molecule has 8 rings (SSSR count). The number of nitrogens with zero attached hydrogens (tertiary/aromatic N) is 4. The maximum absolute atomic E-state index is 6.41. The van der Waals surface area contributed by atoms with E-state index < -0.39 is 11.2 Å². The number of aromatic nitrogens is 2. The van der Waals surface area contributed by atoms with Gasteiger partial charge >= 0.3 is 0 Å². The van der Waals surface area contributed by atoms with Crippen LogP contribution in [0, 0.1) is 0 Å². The summed E-state index contributed by atoms with van der Waals surface area (Å²) in [6.45, 7) is 16.7. The van der Waals surface area contributed by atoms with Gasteiger partial charge in [0.2, 0.25) is 11.8 Å². The number of fused-ring (bicyclic) bond motifs is 2. The van der Waals surface area contributed by atoms with Crippen LogP contribution in [0.15, 0.2) is 119 Å². The largest absolute Gasteiger partial charge is 0.468 e. The summed E-state index contributed by atoms with van der Waals surface area (Å²) in [7, 11) is 0. The maximum atomic E-state index is 6.41. The van der Waals surface area contributed by atoms with E-state index in [9.17, 15) is 0 Å². The Balaban J connectivity index is 1.38. The van der Waals surface area contributed by atoms with Gasteiger partial charge in [-0.3, -0.25) is 0 Å². The lowest BCUT2D eigenvalue weighted by atomic mass is 9.87. The number of hydrogen-bond acceptors (Lipinski definition) is 6. The summed E-state index contributed by atoms with van der Waals surface area (Å²) in [6, 6.07) is 38.0. The van der Waals surface area contributed by atoms with Gasteiger partial charge in [-0.05, 0) is 118 Å². The summed E-state index contributed by atoms with van der Waals surface area (Å²) in [4.78, 5) is 20.4. The van der Waals surface area contributed by atoms with E-state index in [4.69, 9.17) is 29.4 Å². The second-order valence-electron chi connectivity index (χ2n) is 15.4. The number of rotatable bonds is 5. The Kier molecular flexibility index (Phi) is 7.06. The molecule has 0 aliphatic carbocycles. The summed E-state index contributed by atoms with van der Waals surface area (Å²) in [5.41, 5.74) is 5.89. The van der Waals surface area contributed by atoms with E-state index in [0.29, 0.717) is 11.8 Å². The zero-order valence-corrected chi connectivity index (χ0v) is 30.0. The Labute approximate surface area is 294 Å². The Bertz CT molecular complexity index is 2390. The van der Waals surface area contributed by atoms with E-state index in [1.807, 2.05) is 30.3 Å². The molecule has 50 heavy (non-hydrogen) atoms. The number of benzene rings is 4. The van der Waals surface area contributed by atoms with Gasteiger partial charge < -0.3 is 9.47 Å². The predicted octanol–water partition coefficient (Wildman–Crippen LogP) is 10.5. The molecule has 2 aliphatic heterocycles. The molecule has 4 aromatic carbocycles. The average molecular weight is 659 g/mol. The quantitative estimate of drug-likeness (QED) is 0.173. The van der Waals surface area contributed by atoms with Crippen molar-refractivity contribution in [2.24, 2.45) is 9.98 Å². The molecule has 0 atom stereocenters. The second-order valence-corrected chi connectivity index (χ2v) is 15.4. The van der Waals surface area contributed by atoms with Crippen LogP contribution in [0.1, 0.15) is 66.8 Å². The Hall–Kier alpha value is -5.36. The molecule has 4 heterocycles. The third-order valence-corrected chi connectivity index (χ3v) is 11.0. The standard InChI is InChI=1S/C44H42N4O2/c1-41(2)43(5,6)49-39(47-41)35-22-14-20-33(45-35)37-29-18-12-13-19-30(29)38(32-26-28(24-25-31(32)37)27-16-10-9-11-17-27)34-21-15-23-36(46-34)40-48-42(3,4)44(7,8)50-40/h9-26H,1-8H3. The molecule has 0 fully saturated rings. The van der Waals surface area contributed by atoms with Crippen LogP contribution in [0.5, 0.6) is 0 Å². The van der Waals surface area contributed by atoms with Crippen molar-refractivity contribution in [2.75, 3.05) is 0 Å². The number of aliphatic imine (C=N–C) groups is 2. The van der Waals surface area contributed by atoms with Crippen molar-refractivity contribution in [3.8, 4) is 33.6 Å². The van der Waals surface area contributed by atoms with E-state index in [1.54, 1.807) is 0 Å². The van der Waals surface area contributed by atoms with Gasteiger partial charge in [0, 0.05) is 11.1 Å². The van der Waals surface area contributed by atoms with Crippen molar-refractivity contribution >= 4 is 33.3 Å². The minimum Gasteiger partial charge on any atom is -0.468 e. The lowest BCUT2D eigenvalue weighted by molar-refractivity contribution is 0.0616. The van der Waals surface area contributed by atoms with Gasteiger partial charge in [-0.2, -0.15) is 0 Å². The zero-order chi connectivity index (χ0) is 35.1. The van der Waals surface area contributed by atoms with E-state index in [1.165, 1.54) is 0 Å². The van der Waals surface area contributed by atoms with Crippen LogP contribution in [0.4, 0.5) is 0 Å². The highest BCUT2D eigenvalue weighted by Crippen LogP contribution is 2.45. The van der Waals surface area contributed by atoms with Crippen molar-refractivity contribution < 1.29 is 9.47 Å². The van der Waals surface area contributed by atoms with Crippen LogP contribution < -0.4 is 0 Å². The summed E-state index contributed by atoms with van der Waals surface area (Å²) in [6.07, 6.45) is 0. The first-order chi connectivity index (χ1) is 23.7. The minimum absolute atomic E-state index is 0.378. The molecule has 6 nitrogen and oxygen atoms in total. The third-order valence-electron chi connectivity index (χ3n) is 11.0. The van der Waals surface area contributed by atoms with Crippen LogP contribution in [0.2, 0.25) is 0 Å². The summed E-state index contributed by atoms with van der Waals surface area (Å²) in [5, 5.41) is 4.35. The first-order valence-electron chi connectivity index (χ1n) is 17.3. The molecular formula is C44H42N4O2. The molecule has 250 valence electrons. The number of ether oxygens (including phenoxy) is 2. The van der Waals surface area contributed by atoms with Crippen molar-refractivity contribution in [2.45, 2.75) is 77.7 Å². The molecule has 0 N–H and O–H groups in total. The zero-order valence-electron chi connectivity index (χ0n) is 30.0. The molecule has 0 saturated carbocycles. The van der Waals surface area contributed by atoms with Gasteiger partial charge in [-0.25, -0.2) is 20.0 Å². The number of hydrogen-bond donors (Lipinski definition) is 0. The highest BCUT2D eigenvalue weighted by molar-refractivity contribution is 6.21. The molecule has 2 aliphatic rings. The Morgan fingerprint density at radius 1 is 0.400 bits per heavy atom. The minimum atomic E-state index is -0.451. The van der Waals surface area contributed by atoms with Gasteiger partial charge in [0.15, 0.2) is 0 Å². The molecule has 0 spiro atoms. The first-order valence-corrected chi connectivity index (χ1v) is 17.3. The lowest BCUT2D eigenvalue weighted by Crippen LogP contribution is -2.41. The molecule has 6 aromatic rings. The van der Waals surface area contributed by atoms with Crippen LogP contribution >= 0.6 is 0 Å². The van der Waals surface area contributed by atoms with Gasteiger partial charge in [-0.15, -0.1) is 0 Å². The highest BCUT2D eigenvalue weighted by Gasteiger charge is 2.47. The van der Waals surface area contributed by atoms with Crippen molar-refractivity contribution in [3.63, 3.8) is 0 Å². The summed E-state index contributed by atoms with van der Waals surface area (Å²) < 4.78 is 12.8. The van der Waals surface area contributed by atoms with E-state index in [2.05, 4.69) is 134 Å². The third kappa shape index (κ3) is 5.08. The van der Waals surface area contributed by atoms with Gasteiger partial charge in [0.1, 0.15) is 22.6 Å². The maximum Gasteiger partial charge on any atom is 0.236 e. The predicted molar refractivity (Wildman–Crippen MR) is 205 cm³/mol. The molecule has 2 aromatic heterocycles. The summed E-state index contributed by atoms with van der Waals surface area (Å²) >= 11 is 0. The first kappa shape index (κ1) is 31.9. The highest BCUT2D eigenvalue weighted by atomic mass is 16.5. The fraction of sp³-hybridized carbons (Fsp3) is 0.273. The Morgan fingerprint density at radius 2 is 0.840 bits per heavy atom. The van der Waals surface area contributed by atoms with Gasteiger partial charge in [-0.1, -0.05) is 78.9 Å². The molecule has 0 saturated heterocycles. The van der Waals surface area contributed by atoms with Crippen molar-refractivity contribution in [1.82, 2.24) is 9.97 Å². The average Bonchev–Trinajstić information content (AvgIpc) is 3.46. The van der Waals surface area contributed by atoms with Crippen molar-refractivity contribution in [3.05, 3.63) is 121 Å². The topological polar surface area (TPSA) is 69.0 Å². The second kappa shape index (κ2) is 11.1. The van der Waals surface area contributed by atoms with Crippen LogP contribution in [0.3, 0.4) is 0 Å². The smallest absolute Gasteiger partial charge is 0.236 e. The van der Waals surface area contributed by atoms with E-state index in [-0.39, 0.29) is 11.1 Å². The molecule has 0 amide bonds. The van der Waals surface area contributed by atoms with Crippen LogP contribution in [-0.4, -0.2) is 44.0 Å². The Morgan fingerprint density at radius 3 is 1.32 bits per heavy atom. The van der Waals surface area contributed by atoms with E-state index in [0.717, 1.165) is 66.6 Å². The SMILES string of the molecule is CC1(C)N=C(c2cccc(-c3c4ccccc4c(-c4cccc(C5=NC(C)(C)C(C)(C)O5)n4)c4cc(-c5ccccc5)ccc34)n2)OC1(C)C. The summed E-state index contributed by atoms with van der Waals surface area (Å²) in [5.74, 6) is 1.14. The van der Waals surface area contributed by atoms with Crippen LogP contribution in [-0.2, 0) is 9.47 Å². The monoisotopic (exact) mass is 658 g/mol. The fourth-order valence-electron chi connectivity index (χ4n) is 6.70. The van der Waals surface area contributed by atoms with Gasteiger partial charge in [0.05, 0.1) is 22.5 Å². The normalized spacial score (nSPS) is 18.4. The molecule has 6 heteroatoms. The molecule has 0 unspecified atom stereocenters. The number of pyridine rings is 2. The lowest BCUT2D eigenvalue weighted by Gasteiger charge is -2.30. The molecule has 0 radical (unpaired) electrons. The molecular weight excluding hydrogens is 617 g/mol. The van der Waals surface area contributed by atoms with Crippen LogP contribution in [0.25, 0.3) is 55.2 Å². The molecule has 0 bridgehead atoms. The van der Waals surface area contributed by atoms with Gasteiger partial charge in [0.25, 0.3) is 0 Å². The fourth-order valence-corrected chi connectivity index (χ4v) is 6.70.